The van der Waals surface area contributed by atoms with E-state index in [9.17, 15) is 13.2 Å². The minimum atomic E-state index is -3.64. The van der Waals surface area contributed by atoms with Crippen molar-refractivity contribution in [3.63, 3.8) is 0 Å². The smallest absolute Gasteiger partial charge is 0.254 e. The molecule has 0 bridgehead atoms. The first-order valence-corrected chi connectivity index (χ1v) is 11.7. The van der Waals surface area contributed by atoms with E-state index in [4.69, 9.17) is 0 Å². The van der Waals surface area contributed by atoms with Crippen LogP contribution < -0.4 is 10.0 Å². The van der Waals surface area contributed by atoms with Crippen molar-refractivity contribution in [3.05, 3.63) is 82.7 Å². The number of aryl methyl sites for hydroxylation is 2. The Bertz CT molecular complexity index is 1150. The number of amides is 1. The Morgan fingerprint density at radius 1 is 1.06 bits per heavy atom. The van der Waals surface area contributed by atoms with Crippen LogP contribution in [0.4, 0.5) is 0 Å². The van der Waals surface area contributed by atoms with Gasteiger partial charge in [0.25, 0.3) is 5.91 Å². The summed E-state index contributed by atoms with van der Waals surface area (Å²) in [4.78, 5) is 12.9. The Balaban J connectivity index is 1.59. The number of hydrogen-bond acceptors (Lipinski definition) is 4. The second kappa shape index (κ2) is 9.89. The summed E-state index contributed by atoms with van der Waals surface area (Å²) in [7, 11) is -3.64. The van der Waals surface area contributed by atoms with E-state index in [1.165, 1.54) is 0 Å². The third-order valence-corrected chi connectivity index (χ3v) is 6.64. The fraction of sp³-hybridized carbons (Fsp3) is 0.304. The predicted octanol–water partition coefficient (Wildman–Crippen LogP) is 2.82. The van der Waals surface area contributed by atoms with Gasteiger partial charge in [0.15, 0.2) is 0 Å². The van der Waals surface area contributed by atoms with Gasteiger partial charge in [0, 0.05) is 13.1 Å². The summed E-state index contributed by atoms with van der Waals surface area (Å²) in [5.41, 5.74) is 4.01. The molecule has 1 amide bonds. The van der Waals surface area contributed by atoms with E-state index in [1.807, 2.05) is 54.9 Å². The maximum Gasteiger partial charge on any atom is 0.254 e. The summed E-state index contributed by atoms with van der Waals surface area (Å²) >= 11 is 0. The Morgan fingerprint density at radius 3 is 2.52 bits per heavy atom. The molecule has 7 nitrogen and oxygen atoms in total. The zero-order valence-corrected chi connectivity index (χ0v) is 18.9. The van der Waals surface area contributed by atoms with Crippen LogP contribution in [-0.4, -0.2) is 37.2 Å². The highest BCUT2D eigenvalue weighted by atomic mass is 32.2. The lowest BCUT2D eigenvalue weighted by Crippen LogP contribution is -2.35. The number of hydrogen-bond donors (Lipinski definition) is 2. The van der Waals surface area contributed by atoms with Crippen molar-refractivity contribution in [1.82, 2.24) is 19.8 Å². The zero-order chi connectivity index (χ0) is 22.4. The van der Waals surface area contributed by atoms with Gasteiger partial charge < -0.3 is 5.32 Å². The topological polar surface area (TPSA) is 93.1 Å². The second-order valence-corrected chi connectivity index (χ2v) is 9.16. The summed E-state index contributed by atoms with van der Waals surface area (Å²) in [5.74, 6) is -0.262. The van der Waals surface area contributed by atoms with E-state index in [2.05, 4.69) is 15.1 Å². The highest BCUT2D eigenvalue weighted by molar-refractivity contribution is 7.89. The highest BCUT2D eigenvalue weighted by Gasteiger charge is 2.18. The lowest BCUT2D eigenvalue weighted by molar-refractivity contribution is 0.0953. The Kier molecular flexibility index (Phi) is 7.25. The Morgan fingerprint density at radius 2 is 1.81 bits per heavy atom. The van der Waals surface area contributed by atoms with Crippen molar-refractivity contribution in [3.8, 4) is 0 Å². The van der Waals surface area contributed by atoms with E-state index in [1.54, 1.807) is 25.3 Å². The number of carbonyl (C=O) groups excluding carboxylic acids is 1. The van der Waals surface area contributed by atoms with Crippen molar-refractivity contribution in [1.29, 1.82) is 0 Å². The predicted molar refractivity (Wildman–Crippen MR) is 121 cm³/mol. The number of aromatic nitrogens is 2. The Labute approximate surface area is 183 Å². The highest BCUT2D eigenvalue weighted by Crippen LogP contribution is 2.16. The molecule has 0 radical (unpaired) electrons. The lowest BCUT2D eigenvalue weighted by atomic mass is 10.1. The third kappa shape index (κ3) is 5.59. The van der Waals surface area contributed by atoms with Crippen molar-refractivity contribution in [2.45, 2.75) is 38.6 Å². The van der Waals surface area contributed by atoms with Gasteiger partial charge >= 0.3 is 0 Å². The zero-order valence-electron chi connectivity index (χ0n) is 18.1. The molecule has 1 aromatic heterocycles. The molecule has 0 unspecified atom stereocenters. The molecule has 0 spiro atoms. The summed E-state index contributed by atoms with van der Waals surface area (Å²) in [6, 6.07) is 15.2. The van der Waals surface area contributed by atoms with Crippen LogP contribution in [-0.2, 0) is 23.0 Å². The molecule has 0 saturated heterocycles. The van der Waals surface area contributed by atoms with Gasteiger partial charge in [-0.05, 0) is 43.0 Å². The van der Waals surface area contributed by atoms with Gasteiger partial charge in [0.05, 0.1) is 28.9 Å². The quantitative estimate of drug-likeness (QED) is 0.501. The van der Waals surface area contributed by atoms with Gasteiger partial charge in [0.1, 0.15) is 0 Å². The number of rotatable bonds is 9. The standard InChI is InChI=1S/C23H28N4O3S/c1-4-21-20(15-25-27(21)16-19-8-6-5-7-9-19)23(28)24-12-13-26-31(29,30)22-14-17(2)10-11-18(22)3/h5-11,14-15,26H,4,12-13,16H2,1-3H3,(H,24,28). The second-order valence-electron chi connectivity index (χ2n) is 7.42. The number of benzene rings is 2. The van der Waals surface area contributed by atoms with Crippen LogP contribution in [0.1, 0.15) is 39.7 Å². The summed E-state index contributed by atoms with van der Waals surface area (Å²) in [5, 5.41) is 7.15. The molecule has 164 valence electrons. The molecule has 0 fully saturated rings. The molecule has 3 rings (SSSR count). The van der Waals surface area contributed by atoms with E-state index >= 15 is 0 Å². The first-order valence-electron chi connectivity index (χ1n) is 10.3. The SMILES string of the molecule is CCc1c(C(=O)NCCNS(=O)(=O)c2cc(C)ccc2C)cnn1Cc1ccccc1. The van der Waals surface area contributed by atoms with Crippen LogP contribution in [0.3, 0.4) is 0 Å². The van der Waals surface area contributed by atoms with Gasteiger partial charge in [-0.25, -0.2) is 13.1 Å². The van der Waals surface area contributed by atoms with Crippen LogP contribution in [0.2, 0.25) is 0 Å². The van der Waals surface area contributed by atoms with Crippen LogP contribution in [0.25, 0.3) is 0 Å². The van der Waals surface area contributed by atoms with Gasteiger partial charge in [-0.2, -0.15) is 5.10 Å². The summed E-state index contributed by atoms with van der Waals surface area (Å²) in [6.45, 7) is 6.45. The fourth-order valence-corrected chi connectivity index (χ4v) is 4.76. The molecule has 1 heterocycles. The van der Waals surface area contributed by atoms with Crippen molar-refractivity contribution in [2.24, 2.45) is 0 Å². The first-order chi connectivity index (χ1) is 14.8. The fourth-order valence-electron chi connectivity index (χ4n) is 3.40. The molecule has 3 aromatic rings. The van der Waals surface area contributed by atoms with Crippen LogP contribution in [0.5, 0.6) is 0 Å². The van der Waals surface area contributed by atoms with E-state index in [0.717, 1.165) is 16.8 Å². The van der Waals surface area contributed by atoms with Crippen LogP contribution >= 0.6 is 0 Å². The normalized spacial score (nSPS) is 11.5. The van der Waals surface area contributed by atoms with Gasteiger partial charge in [-0.3, -0.25) is 9.48 Å². The summed E-state index contributed by atoms with van der Waals surface area (Å²) < 4.78 is 29.5. The molecule has 0 atom stereocenters. The largest absolute Gasteiger partial charge is 0.351 e. The van der Waals surface area contributed by atoms with Crippen molar-refractivity contribution < 1.29 is 13.2 Å². The minimum absolute atomic E-state index is 0.0983. The molecule has 0 aliphatic carbocycles. The van der Waals surface area contributed by atoms with Gasteiger partial charge in [-0.15, -0.1) is 0 Å². The summed E-state index contributed by atoms with van der Waals surface area (Å²) in [6.07, 6.45) is 2.23. The lowest BCUT2D eigenvalue weighted by Gasteiger charge is -2.11. The number of nitrogens with zero attached hydrogens (tertiary/aromatic N) is 2. The molecule has 0 aliphatic rings. The molecule has 2 aromatic carbocycles. The molecular formula is C23H28N4O3S. The molecule has 8 heteroatoms. The molecule has 2 N–H and O–H groups in total. The third-order valence-electron chi connectivity index (χ3n) is 5.04. The van der Waals surface area contributed by atoms with Gasteiger partial charge in [0.2, 0.25) is 10.0 Å². The van der Waals surface area contributed by atoms with Gasteiger partial charge in [-0.1, -0.05) is 49.4 Å². The maximum atomic E-state index is 12.6. The average molecular weight is 441 g/mol. The van der Waals surface area contributed by atoms with E-state index in [-0.39, 0.29) is 23.9 Å². The molecule has 0 saturated carbocycles. The number of nitrogens with one attached hydrogen (secondary N) is 2. The number of carbonyl (C=O) groups is 1. The number of sulfonamides is 1. The van der Waals surface area contributed by atoms with Crippen LogP contribution in [0.15, 0.2) is 59.6 Å². The van der Waals surface area contributed by atoms with E-state index in [0.29, 0.717) is 24.1 Å². The van der Waals surface area contributed by atoms with E-state index < -0.39 is 10.0 Å². The minimum Gasteiger partial charge on any atom is -0.351 e. The van der Waals surface area contributed by atoms with Crippen molar-refractivity contribution in [2.75, 3.05) is 13.1 Å². The molecule has 31 heavy (non-hydrogen) atoms. The van der Waals surface area contributed by atoms with Crippen molar-refractivity contribution >= 4 is 15.9 Å². The maximum absolute atomic E-state index is 12.6. The first kappa shape index (κ1) is 22.7. The molecule has 0 aliphatic heterocycles. The average Bonchev–Trinajstić information content (AvgIpc) is 3.16. The molecular weight excluding hydrogens is 412 g/mol. The van der Waals surface area contributed by atoms with Crippen LogP contribution in [0, 0.1) is 13.8 Å². The monoisotopic (exact) mass is 440 g/mol. The Hall–Kier alpha value is -2.97.